The Kier molecular flexibility index (Phi) is 3.00. The number of H-pyrrole nitrogens is 1. The van der Waals surface area contributed by atoms with Gasteiger partial charge in [0.1, 0.15) is 0 Å². The number of aromatic amines is 1. The summed E-state index contributed by atoms with van der Waals surface area (Å²) >= 11 is 0. The Hall–Kier alpha value is -2.43. The fourth-order valence-electron chi connectivity index (χ4n) is 1.57. The SMILES string of the molecule is O=c1[nH]c(Cc2ccccc2)ccc1[N+](=O)[O-]. The van der Waals surface area contributed by atoms with Crippen molar-refractivity contribution < 1.29 is 4.92 Å². The standard InChI is InChI=1S/C12H10N2O3/c15-12-11(14(16)17)7-6-10(13-12)8-9-4-2-1-3-5-9/h1-7H,8H2,(H,13,15). The molecule has 0 aliphatic rings. The molecule has 86 valence electrons. The molecule has 1 N–H and O–H groups in total. The van der Waals surface area contributed by atoms with Gasteiger partial charge in [0.25, 0.3) is 0 Å². The summed E-state index contributed by atoms with van der Waals surface area (Å²) in [6.45, 7) is 0. The molecule has 0 amide bonds. The fraction of sp³-hybridized carbons (Fsp3) is 0.0833. The van der Waals surface area contributed by atoms with Gasteiger partial charge in [0, 0.05) is 18.2 Å². The third kappa shape index (κ3) is 2.57. The van der Waals surface area contributed by atoms with E-state index in [1.165, 1.54) is 6.07 Å². The van der Waals surface area contributed by atoms with E-state index >= 15 is 0 Å². The van der Waals surface area contributed by atoms with E-state index in [0.717, 1.165) is 5.56 Å². The molecule has 5 nitrogen and oxygen atoms in total. The predicted molar refractivity (Wildman–Crippen MR) is 63.0 cm³/mol. The first kappa shape index (κ1) is 11.1. The summed E-state index contributed by atoms with van der Waals surface area (Å²) in [4.78, 5) is 23.7. The summed E-state index contributed by atoms with van der Waals surface area (Å²) in [5.41, 5.74) is 0.606. The number of rotatable bonds is 3. The minimum atomic E-state index is -0.689. The lowest BCUT2D eigenvalue weighted by molar-refractivity contribution is -0.386. The second kappa shape index (κ2) is 4.61. The van der Waals surface area contributed by atoms with Gasteiger partial charge >= 0.3 is 11.2 Å². The van der Waals surface area contributed by atoms with Gasteiger partial charge in [-0.3, -0.25) is 14.9 Å². The maximum atomic E-state index is 11.4. The number of hydrogen-bond acceptors (Lipinski definition) is 3. The quantitative estimate of drug-likeness (QED) is 0.646. The Morgan fingerprint density at radius 2 is 1.82 bits per heavy atom. The molecule has 2 aromatic rings. The Morgan fingerprint density at radius 3 is 2.41 bits per heavy atom. The molecule has 0 fully saturated rings. The fourth-order valence-corrected chi connectivity index (χ4v) is 1.57. The zero-order chi connectivity index (χ0) is 12.3. The third-order valence-corrected chi connectivity index (χ3v) is 2.38. The van der Waals surface area contributed by atoms with Crippen molar-refractivity contribution in [3.63, 3.8) is 0 Å². The molecule has 1 aromatic carbocycles. The van der Waals surface area contributed by atoms with Gasteiger partial charge in [0.05, 0.1) is 4.92 Å². The van der Waals surface area contributed by atoms with Gasteiger partial charge in [0.2, 0.25) is 0 Å². The monoisotopic (exact) mass is 230 g/mol. The highest BCUT2D eigenvalue weighted by Gasteiger charge is 2.11. The van der Waals surface area contributed by atoms with Gasteiger partial charge in [-0.1, -0.05) is 30.3 Å². The molecule has 0 unspecified atom stereocenters. The molecule has 1 aromatic heterocycles. The van der Waals surface area contributed by atoms with Crippen LogP contribution in [0.2, 0.25) is 0 Å². The van der Waals surface area contributed by atoms with Crippen LogP contribution in [0.15, 0.2) is 47.3 Å². The summed E-state index contributed by atoms with van der Waals surface area (Å²) in [5.74, 6) is 0. The van der Waals surface area contributed by atoms with Crippen LogP contribution in [0.4, 0.5) is 5.69 Å². The van der Waals surface area contributed by atoms with Crippen LogP contribution in [0.1, 0.15) is 11.3 Å². The largest absolute Gasteiger partial charge is 0.333 e. The molecule has 0 spiro atoms. The van der Waals surface area contributed by atoms with Crippen LogP contribution in [0.3, 0.4) is 0 Å². The lowest BCUT2D eigenvalue weighted by Gasteiger charge is -2.01. The highest BCUT2D eigenvalue weighted by Crippen LogP contribution is 2.08. The van der Waals surface area contributed by atoms with E-state index in [1.54, 1.807) is 6.07 Å². The normalized spacial score (nSPS) is 10.1. The number of hydrogen-bond donors (Lipinski definition) is 1. The van der Waals surface area contributed by atoms with E-state index in [2.05, 4.69) is 4.98 Å². The van der Waals surface area contributed by atoms with Crippen LogP contribution in [-0.4, -0.2) is 9.91 Å². The van der Waals surface area contributed by atoms with Gasteiger partial charge in [-0.15, -0.1) is 0 Å². The van der Waals surface area contributed by atoms with Gasteiger partial charge in [-0.2, -0.15) is 0 Å². The van der Waals surface area contributed by atoms with Crippen molar-refractivity contribution in [1.82, 2.24) is 4.98 Å². The summed E-state index contributed by atoms with van der Waals surface area (Å²) in [6, 6.07) is 12.4. The van der Waals surface area contributed by atoms with Crippen LogP contribution < -0.4 is 5.56 Å². The van der Waals surface area contributed by atoms with E-state index in [-0.39, 0.29) is 0 Å². The molecule has 0 saturated carbocycles. The van der Waals surface area contributed by atoms with Gasteiger partial charge < -0.3 is 4.98 Å². The summed E-state index contributed by atoms with van der Waals surface area (Å²) in [6.07, 6.45) is 0.550. The van der Waals surface area contributed by atoms with Crippen molar-refractivity contribution in [1.29, 1.82) is 0 Å². The van der Waals surface area contributed by atoms with Crippen molar-refractivity contribution in [2.45, 2.75) is 6.42 Å². The smallest absolute Gasteiger partial charge is 0.320 e. The molecule has 0 aliphatic heterocycles. The second-order valence-corrected chi connectivity index (χ2v) is 3.62. The minimum absolute atomic E-state index is 0.429. The average molecular weight is 230 g/mol. The maximum Gasteiger partial charge on any atom is 0.333 e. The van der Waals surface area contributed by atoms with Crippen molar-refractivity contribution >= 4 is 5.69 Å². The zero-order valence-corrected chi connectivity index (χ0v) is 8.92. The molecule has 5 heteroatoms. The van der Waals surface area contributed by atoms with Crippen LogP contribution >= 0.6 is 0 Å². The molecule has 1 heterocycles. The highest BCUT2D eigenvalue weighted by atomic mass is 16.6. The van der Waals surface area contributed by atoms with Crippen molar-refractivity contribution in [3.05, 3.63) is 74.2 Å². The number of nitro groups is 1. The molecular formula is C12H10N2O3. The molecular weight excluding hydrogens is 220 g/mol. The van der Waals surface area contributed by atoms with E-state index in [0.29, 0.717) is 12.1 Å². The van der Waals surface area contributed by atoms with Gasteiger partial charge in [-0.05, 0) is 11.6 Å². The number of pyridine rings is 1. The number of nitrogens with zero attached hydrogens (tertiary/aromatic N) is 1. The van der Waals surface area contributed by atoms with Crippen molar-refractivity contribution in [2.24, 2.45) is 0 Å². The lowest BCUT2D eigenvalue weighted by atomic mass is 10.1. The van der Waals surface area contributed by atoms with E-state index in [4.69, 9.17) is 0 Å². The van der Waals surface area contributed by atoms with Gasteiger partial charge in [0.15, 0.2) is 0 Å². The van der Waals surface area contributed by atoms with Crippen LogP contribution in [0.5, 0.6) is 0 Å². The molecule has 0 atom stereocenters. The molecule has 0 aliphatic carbocycles. The van der Waals surface area contributed by atoms with Gasteiger partial charge in [-0.25, -0.2) is 0 Å². The van der Waals surface area contributed by atoms with E-state index < -0.39 is 16.2 Å². The predicted octanol–water partition coefficient (Wildman–Crippen LogP) is 1.87. The molecule has 2 rings (SSSR count). The maximum absolute atomic E-state index is 11.4. The zero-order valence-electron chi connectivity index (χ0n) is 8.92. The molecule has 17 heavy (non-hydrogen) atoms. The average Bonchev–Trinajstić information content (AvgIpc) is 2.30. The first-order valence-electron chi connectivity index (χ1n) is 5.07. The topological polar surface area (TPSA) is 76.0 Å². The minimum Gasteiger partial charge on any atom is -0.320 e. The Morgan fingerprint density at radius 1 is 1.12 bits per heavy atom. The number of benzene rings is 1. The van der Waals surface area contributed by atoms with Crippen LogP contribution in [0, 0.1) is 10.1 Å². The second-order valence-electron chi connectivity index (χ2n) is 3.62. The third-order valence-electron chi connectivity index (χ3n) is 2.38. The van der Waals surface area contributed by atoms with E-state index in [9.17, 15) is 14.9 Å². The first-order chi connectivity index (χ1) is 8.16. The van der Waals surface area contributed by atoms with Crippen molar-refractivity contribution in [2.75, 3.05) is 0 Å². The lowest BCUT2D eigenvalue weighted by Crippen LogP contribution is -2.13. The van der Waals surface area contributed by atoms with E-state index in [1.807, 2.05) is 30.3 Å². The van der Waals surface area contributed by atoms with Crippen LogP contribution in [0.25, 0.3) is 0 Å². The first-order valence-corrected chi connectivity index (χ1v) is 5.07. The molecule has 0 radical (unpaired) electrons. The van der Waals surface area contributed by atoms with Crippen molar-refractivity contribution in [3.8, 4) is 0 Å². The summed E-state index contributed by atoms with van der Waals surface area (Å²) in [5, 5.41) is 10.5. The Bertz CT molecular complexity index is 590. The summed E-state index contributed by atoms with van der Waals surface area (Å²) < 4.78 is 0. The Balaban J connectivity index is 2.27. The highest BCUT2D eigenvalue weighted by molar-refractivity contribution is 5.29. The summed E-state index contributed by atoms with van der Waals surface area (Å²) in [7, 11) is 0. The molecule has 0 bridgehead atoms. The number of nitrogens with one attached hydrogen (secondary N) is 1. The number of aromatic nitrogens is 1. The Labute approximate surface area is 96.9 Å². The van der Waals surface area contributed by atoms with Crippen LogP contribution in [-0.2, 0) is 6.42 Å². The molecule has 0 saturated heterocycles.